The first-order chi connectivity index (χ1) is 22.1. The van der Waals surface area contributed by atoms with Crippen LogP contribution >= 0.6 is 23.2 Å². The average molecular weight is 666 g/mol. The van der Waals surface area contributed by atoms with Crippen molar-refractivity contribution in [2.75, 3.05) is 36.5 Å². The molecule has 2 N–H and O–H groups in total. The number of benzene rings is 2. The number of anilines is 2. The minimum Gasteiger partial charge on any atom is -0.494 e. The number of aromatic nitrogens is 4. The number of hydrogen-bond acceptors (Lipinski definition) is 7. The lowest BCUT2D eigenvalue weighted by Crippen LogP contribution is -2.57. The van der Waals surface area contributed by atoms with E-state index in [2.05, 4.69) is 39.3 Å². The number of imidazole rings is 1. The van der Waals surface area contributed by atoms with Crippen molar-refractivity contribution in [3.05, 3.63) is 88.6 Å². The van der Waals surface area contributed by atoms with Gasteiger partial charge in [-0.2, -0.15) is 4.98 Å². The number of rotatable bonds is 10. The van der Waals surface area contributed by atoms with Crippen molar-refractivity contribution >= 4 is 46.6 Å². The predicted molar refractivity (Wildman–Crippen MR) is 180 cm³/mol. The zero-order chi connectivity index (χ0) is 32.8. The largest absolute Gasteiger partial charge is 0.494 e. The minimum atomic E-state index is -0.371. The Morgan fingerprint density at radius 1 is 1.07 bits per heavy atom. The third-order valence-corrected chi connectivity index (χ3v) is 8.58. The number of halogens is 2. The van der Waals surface area contributed by atoms with Gasteiger partial charge in [0.25, 0.3) is 0 Å². The number of amides is 3. The molecule has 13 heteroatoms. The highest BCUT2D eigenvalue weighted by atomic mass is 35.5. The van der Waals surface area contributed by atoms with Gasteiger partial charge in [-0.3, -0.25) is 9.36 Å². The molecule has 1 saturated heterocycles. The third-order valence-electron chi connectivity index (χ3n) is 7.84. The monoisotopic (exact) mass is 664 g/mol. The fourth-order valence-corrected chi connectivity index (χ4v) is 5.70. The Kier molecular flexibility index (Phi) is 10.6. The highest BCUT2D eigenvalue weighted by molar-refractivity contribution is 6.42. The van der Waals surface area contributed by atoms with Crippen LogP contribution in [0.25, 0.3) is 5.95 Å². The quantitative estimate of drug-likeness (QED) is 0.199. The van der Waals surface area contributed by atoms with Crippen LogP contribution in [-0.2, 0) is 4.79 Å². The normalized spacial score (nSPS) is 15.5. The van der Waals surface area contributed by atoms with Gasteiger partial charge in [0.15, 0.2) is 0 Å². The number of urea groups is 1. The van der Waals surface area contributed by atoms with E-state index < -0.39 is 0 Å². The van der Waals surface area contributed by atoms with Gasteiger partial charge in [0.2, 0.25) is 11.9 Å². The van der Waals surface area contributed by atoms with Crippen molar-refractivity contribution in [3.63, 3.8) is 0 Å². The number of piperazine rings is 1. The van der Waals surface area contributed by atoms with Crippen LogP contribution in [0.3, 0.4) is 0 Å². The lowest BCUT2D eigenvalue weighted by atomic mass is 10.0. The summed E-state index contributed by atoms with van der Waals surface area (Å²) in [5, 5.41) is 6.80. The molecule has 46 heavy (non-hydrogen) atoms. The van der Waals surface area contributed by atoms with Crippen molar-refractivity contribution in [2.45, 2.75) is 52.1 Å². The molecule has 1 aliphatic rings. The molecule has 3 amide bonds. The Hall–Kier alpha value is -4.35. The summed E-state index contributed by atoms with van der Waals surface area (Å²) in [6.45, 7) is 9.80. The molecule has 0 spiro atoms. The summed E-state index contributed by atoms with van der Waals surface area (Å²) >= 11 is 12.2. The van der Waals surface area contributed by atoms with Crippen molar-refractivity contribution in [3.8, 4) is 11.7 Å². The smallest absolute Gasteiger partial charge is 0.321 e. The second-order valence-electron chi connectivity index (χ2n) is 11.4. The summed E-state index contributed by atoms with van der Waals surface area (Å²) in [6.07, 6.45) is 7.07. The van der Waals surface area contributed by atoms with E-state index >= 15 is 0 Å². The number of hydrogen-bond donors (Lipinski definition) is 2. The van der Waals surface area contributed by atoms with E-state index in [4.69, 9.17) is 32.9 Å². The van der Waals surface area contributed by atoms with Gasteiger partial charge in [0, 0.05) is 55.9 Å². The second kappa shape index (κ2) is 14.8. The highest BCUT2D eigenvalue weighted by Crippen LogP contribution is 2.31. The molecule has 1 aliphatic heterocycles. The van der Waals surface area contributed by atoms with Crippen molar-refractivity contribution in [1.29, 1.82) is 0 Å². The third kappa shape index (κ3) is 7.89. The fourth-order valence-electron chi connectivity index (χ4n) is 5.40. The predicted octanol–water partition coefficient (Wildman–Crippen LogP) is 6.48. The molecule has 3 heterocycles. The average Bonchev–Trinajstić information content (AvgIpc) is 3.58. The lowest BCUT2D eigenvalue weighted by molar-refractivity contribution is -0.122. The molecule has 2 aromatic heterocycles. The Morgan fingerprint density at radius 3 is 2.52 bits per heavy atom. The van der Waals surface area contributed by atoms with Gasteiger partial charge >= 0.3 is 6.03 Å². The summed E-state index contributed by atoms with van der Waals surface area (Å²) in [6, 6.07) is 11.7. The van der Waals surface area contributed by atoms with E-state index in [0.29, 0.717) is 47.9 Å². The highest BCUT2D eigenvalue weighted by Gasteiger charge is 2.34. The maximum absolute atomic E-state index is 13.6. The Balaban J connectivity index is 1.39. The molecule has 2 atom stereocenters. The van der Waals surface area contributed by atoms with E-state index in [1.165, 1.54) is 0 Å². The summed E-state index contributed by atoms with van der Waals surface area (Å²) in [4.78, 5) is 44.5. The molecular weight excluding hydrogens is 627 g/mol. The minimum absolute atomic E-state index is 0.122. The van der Waals surface area contributed by atoms with Gasteiger partial charge in [-0.05, 0) is 55.7 Å². The van der Waals surface area contributed by atoms with Crippen LogP contribution in [-0.4, -0.2) is 68.6 Å². The lowest BCUT2D eigenvalue weighted by Gasteiger charge is -2.42. The summed E-state index contributed by atoms with van der Waals surface area (Å²) in [5.74, 6) is 1.97. The summed E-state index contributed by atoms with van der Waals surface area (Å²) in [7, 11) is 0. The topological polar surface area (TPSA) is 118 Å². The van der Waals surface area contributed by atoms with E-state index in [9.17, 15) is 9.59 Å². The molecule has 11 nitrogen and oxygen atoms in total. The Bertz CT molecular complexity index is 1650. The molecule has 1 fully saturated rings. The van der Waals surface area contributed by atoms with Gasteiger partial charge in [-0.1, -0.05) is 49.2 Å². The van der Waals surface area contributed by atoms with Gasteiger partial charge in [0.1, 0.15) is 17.9 Å². The van der Waals surface area contributed by atoms with E-state index in [0.717, 1.165) is 22.7 Å². The standard InChI is InChI=1S/C33H38Cl2N8O3/c1-5-46-26-9-6-23(7-10-26)22(4)38-30(44)17-25-19-41(33(45)39-24-8-11-28(34)29(35)16-24)14-15-43(25)31-27(21(2)3)18-37-32(40-31)42-13-12-36-20-42/h6-13,16,18,20-22,25H,5,14-15,17,19H2,1-4H3,(H,38,44)(H,39,45). The van der Waals surface area contributed by atoms with Gasteiger partial charge in [0.05, 0.1) is 28.7 Å². The first kappa shape index (κ1) is 33.0. The molecule has 0 saturated carbocycles. The van der Waals surface area contributed by atoms with Gasteiger partial charge in [-0.25, -0.2) is 14.8 Å². The van der Waals surface area contributed by atoms with Gasteiger partial charge in [-0.15, -0.1) is 0 Å². The maximum atomic E-state index is 13.6. The van der Waals surface area contributed by atoms with Crippen molar-refractivity contribution < 1.29 is 14.3 Å². The number of ether oxygens (including phenoxy) is 1. The van der Waals surface area contributed by atoms with Crippen LogP contribution in [0.15, 0.2) is 67.4 Å². The van der Waals surface area contributed by atoms with Crippen LogP contribution in [0, 0.1) is 0 Å². The Morgan fingerprint density at radius 2 is 1.85 bits per heavy atom. The molecule has 2 aromatic carbocycles. The zero-order valence-electron chi connectivity index (χ0n) is 26.3. The first-order valence-corrected chi connectivity index (χ1v) is 16.0. The SMILES string of the molecule is CCOc1ccc(C(C)NC(=O)CC2CN(C(=O)Nc3ccc(Cl)c(Cl)c3)CCN2c2nc(-n3ccnc3)ncc2C(C)C)cc1. The van der Waals surface area contributed by atoms with Crippen molar-refractivity contribution in [1.82, 2.24) is 29.7 Å². The van der Waals surface area contributed by atoms with Crippen LogP contribution < -0.4 is 20.3 Å². The molecule has 0 aliphatic carbocycles. The molecule has 0 bridgehead atoms. The number of carbonyl (C=O) groups is 2. The summed E-state index contributed by atoms with van der Waals surface area (Å²) < 4.78 is 7.30. The van der Waals surface area contributed by atoms with E-state index in [1.807, 2.05) is 44.3 Å². The first-order valence-electron chi connectivity index (χ1n) is 15.3. The molecule has 5 rings (SSSR count). The van der Waals surface area contributed by atoms with Crippen LogP contribution in [0.5, 0.6) is 5.75 Å². The van der Waals surface area contributed by atoms with Crippen LogP contribution in [0.4, 0.5) is 16.3 Å². The molecule has 242 valence electrons. The Labute approximate surface area is 278 Å². The number of nitrogens with zero attached hydrogens (tertiary/aromatic N) is 6. The zero-order valence-corrected chi connectivity index (χ0v) is 27.8. The molecule has 2 unspecified atom stereocenters. The van der Waals surface area contributed by atoms with Crippen LogP contribution in [0.1, 0.15) is 57.2 Å². The van der Waals surface area contributed by atoms with E-state index in [1.54, 1.807) is 46.4 Å². The van der Waals surface area contributed by atoms with Crippen LogP contribution in [0.2, 0.25) is 10.0 Å². The number of carbonyl (C=O) groups excluding carboxylic acids is 2. The maximum Gasteiger partial charge on any atom is 0.321 e. The molecule has 4 aromatic rings. The number of nitrogens with one attached hydrogen (secondary N) is 2. The molecular formula is C33H38Cl2N8O3. The van der Waals surface area contributed by atoms with Crippen molar-refractivity contribution in [2.24, 2.45) is 0 Å². The van der Waals surface area contributed by atoms with Gasteiger partial charge < -0.3 is 25.2 Å². The summed E-state index contributed by atoms with van der Waals surface area (Å²) in [5.41, 5.74) is 2.44. The fraction of sp³-hybridized carbons (Fsp3) is 0.364. The molecule has 0 radical (unpaired) electrons. The van der Waals surface area contributed by atoms with E-state index in [-0.39, 0.29) is 36.4 Å². The second-order valence-corrected chi connectivity index (χ2v) is 12.2.